The van der Waals surface area contributed by atoms with Gasteiger partial charge in [0.25, 0.3) is 5.95 Å². The van der Waals surface area contributed by atoms with Gasteiger partial charge in [0.15, 0.2) is 0 Å². The third-order valence-corrected chi connectivity index (χ3v) is 6.78. The minimum Gasteiger partial charge on any atom is -0.334 e. The molecule has 0 aliphatic carbocycles. The Morgan fingerprint density at radius 2 is 2.03 bits per heavy atom. The number of carbonyl (C=O) groups is 1. The lowest BCUT2D eigenvalue weighted by Crippen LogP contribution is -2.31. The Bertz CT molecular complexity index is 1060. The first-order valence-electron chi connectivity index (χ1n) is 10.1. The van der Waals surface area contributed by atoms with Gasteiger partial charge in [0.05, 0.1) is 11.4 Å². The quantitative estimate of drug-likeness (QED) is 0.409. The van der Waals surface area contributed by atoms with E-state index in [1.165, 1.54) is 33.5 Å². The molecule has 1 amide bonds. The first kappa shape index (κ1) is 21.7. The summed E-state index contributed by atoms with van der Waals surface area (Å²) >= 11 is 3.24. The molecule has 1 saturated heterocycles. The number of hydrogen-bond donors (Lipinski definition) is 2. The Hall–Kier alpha value is -2.50. The number of thioether (sulfide) groups is 2. The fourth-order valence-electron chi connectivity index (χ4n) is 3.44. The van der Waals surface area contributed by atoms with E-state index in [0.29, 0.717) is 11.1 Å². The first-order chi connectivity index (χ1) is 15.0. The summed E-state index contributed by atoms with van der Waals surface area (Å²) in [6.45, 7) is 6.95. The average Bonchev–Trinajstić information content (AvgIpc) is 3.28. The van der Waals surface area contributed by atoms with Crippen LogP contribution in [0.5, 0.6) is 0 Å². The summed E-state index contributed by atoms with van der Waals surface area (Å²) in [7, 11) is 0. The summed E-state index contributed by atoms with van der Waals surface area (Å²) < 4.78 is 2.99. The van der Waals surface area contributed by atoms with Gasteiger partial charge in [-0.3, -0.25) is 9.69 Å². The van der Waals surface area contributed by atoms with E-state index in [9.17, 15) is 4.79 Å². The zero-order valence-electron chi connectivity index (χ0n) is 17.6. The van der Waals surface area contributed by atoms with Crippen LogP contribution >= 0.6 is 23.5 Å². The van der Waals surface area contributed by atoms with Crippen LogP contribution in [0.2, 0.25) is 0 Å². The number of anilines is 1. The van der Waals surface area contributed by atoms with Gasteiger partial charge in [-0.15, -0.1) is 10.2 Å². The van der Waals surface area contributed by atoms with E-state index in [2.05, 4.69) is 31.6 Å². The normalized spacial score (nSPS) is 14.6. The lowest BCUT2D eigenvalue weighted by molar-refractivity contribution is -0.113. The largest absolute Gasteiger partial charge is 0.334 e. The van der Waals surface area contributed by atoms with E-state index in [-0.39, 0.29) is 11.7 Å². The molecular formula is C20H26N8OS2. The Morgan fingerprint density at radius 3 is 2.77 bits per heavy atom. The number of nitrogens with two attached hydrogens (primary N) is 1. The molecular weight excluding hydrogens is 432 g/mol. The van der Waals surface area contributed by atoms with Gasteiger partial charge in [-0.1, -0.05) is 23.9 Å². The fourth-order valence-corrected chi connectivity index (χ4v) is 5.07. The monoisotopic (exact) mass is 458 g/mol. The molecule has 164 valence electrons. The molecule has 1 fully saturated rings. The Kier molecular flexibility index (Phi) is 6.83. The summed E-state index contributed by atoms with van der Waals surface area (Å²) in [5.41, 5.74) is 3.78. The van der Waals surface area contributed by atoms with Crippen LogP contribution in [0, 0.1) is 13.8 Å². The van der Waals surface area contributed by atoms with Gasteiger partial charge in [-0.05, 0) is 37.6 Å². The van der Waals surface area contributed by atoms with Gasteiger partial charge in [0.1, 0.15) is 0 Å². The number of nitrogens with zero attached hydrogens (tertiary/aromatic N) is 6. The number of rotatable bonds is 7. The zero-order chi connectivity index (χ0) is 21.8. The van der Waals surface area contributed by atoms with Crippen molar-refractivity contribution in [1.29, 1.82) is 0 Å². The molecule has 9 nitrogen and oxygen atoms in total. The highest BCUT2D eigenvalue weighted by Gasteiger charge is 2.16. The van der Waals surface area contributed by atoms with Gasteiger partial charge in [-0.2, -0.15) is 16.9 Å². The van der Waals surface area contributed by atoms with Crippen LogP contribution in [0.15, 0.2) is 35.5 Å². The van der Waals surface area contributed by atoms with Crippen molar-refractivity contribution in [2.24, 2.45) is 0 Å². The van der Waals surface area contributed by atoms with Crippen LogP contribution in [-0.4, -0.2) is 65.8 Å². The highest BCUT2D eigenvalue weighted by atomic mass is 32.2. The van der Waals surface area contributed by atoms with Gasteiger partial charge in [-0.25, -0.2) is 9.36 Å². The lowest BCUT2D eigenvalue weighted by Gasteiger charge is -2.26. The number of nitrogen functional groups attached to an aromatic ring is 1. The van der Waals surface area contributed by atoms with Gasteiger partial charge in [0.2, 0.25) is 11.1 Å². The first-order valence-corrected chi connectivity index (χ1v) is 12.2. The number of nitrogens with one attached hydrogen (secondary N) is 1. The van der Waals surface area contributed by atoms with Crippen molar-refractivity contribution in [3.63, 3.8) is 0 Å². The molecule has 1 aromatic carbocycles. The molecule has 0 bridgehead atoms. The van der Waals surface area contributed by atoms with Crippen molar-refractivity contribution in [3.05, 3.63) is 47.3 Å². The van der Waals surface area contributed by atoms with Crippen LogP contribution in [0.3, 0.4) is 0 Å². The van der Waals surface area contributed by atoms with Crippen molar-refractivity contribution in [3.8, 4) is 5.95 Å². The number of aromatic nitrogens is 5. The minimum absolute atomic E-state index is 0.118. The maximum atomic E-state index is 12.5. The average molecular weight is 459 g/mol. The van der Waals surface area contributed by atoms with Crippen LogP contribution in [0.1, 0.15) is 17.0 Å². The van der Waals surface area contributed by atoms with Crippen molar-refractivity contribution < 1.29 is 4.79 Å². The van der Waals surface area contributed by atoms with Gasteiger partial charge in [0, 0.05) is 42.5 Å². The maximum absolute atomic E-state index is 12.5. The molecule has 0 unspecified atom stereocenters. The summed E-state index contributed by atoms with van der Waals surface area (Å²) in [5.74, 6) is 8.97. The van der Waals surface area contributed by atoms with E-state index in [4.69, 9.17) is 5.84 Å². The number of hydrogen-bond acceptors (Lipinski definition) is 8. The van der Waals surface area contributed by atoms with E-state index >= 15 is 0 Å². The number of aryl methyl sites for hydroxylation is 2. The molecule has 4 rings (SSSR count). The van der Waals surface area contributed by atoms with E-state index in [1.54, 1.807) is 4.68 Å². The SMILES string of the molecule is Cc1cc(C)n(-c2nnc(SCC(=O)Nc3cccc(CN4CCSCC4)c3)n2N)n1. The molecule has 0 saturated carbocycles. The van der Waals surface area contributed by atoms with Crippen molar-refractivity contribution in [1.82, 2.24) is 29.6 Å². The van der Waals surface area contributed by atoms with Crippen LogP contribution in [0.25, 0.3) is 5.95 Å². The van der Waals surface area contributed by atoms with E-state index < -0.39 is 0 Å². The summed E-state index contributed by atoms with van der Waals surface area (Å²) in [5, 5.41) is 16.0. The van der Waals surface area contributed by atoms with Gasteiger partial charge < -0.3 is 11.2 Å². The Morgan fingerprint density at radius 1 is 1.23 bits per heavy atom. The molecule has 0 radical (unpaired) electrons. The molecule has 2 aromatic heterocycles. The number of carbonyl (C=O) groups excluding carboxylic acids is 1. The molecule has 0 atom stereocenters. The van der Waals surface area contributed by atoms with Crippen LogP contribution in [-0.2, 0) is 11.3 Å². The third kappa shape index (κ3) is 5.41. The molecule has 31 heavy (non-hydrogen) atoms. The molecule has 1 aliphatic rings. The smallest absolute Gasteiger partial charge is 0.271 e. The summed E-state index contributed by atoms with van der Waals surface area (Å²) in [6, 6.07) is 9.96. The highest BCUT2D eigenvalue weighted by Crippen LogP contribution is 2.19. The van der Waals surface area contributed by atoms with Crippen molar-refractivity contribution in [2.45, 2.75) is 25.5 Å². The van der Waals surface area contributed by atoms with E-state index in [1.807, 2.05) is 49.9 Å². The zero-order valence-corrected chi connectivity index (χ0v) is 19.2. The molecule has 3 N–H and O–H groups in total. The molecule has 3 heterocycles. The van der Waals surface area contributed by atoms with Gasteiger partial charge >= 0.3 is 0 Å². The standard InChI is InChI=1S/C20H26N8OS2/c1-14-10-15(2)28(25-14)19-23-24-20(27(19)21)31-13-18(29)22-17-5-3-4-16(11-17)12-26-6-8-30-9-7-26/h3-5,10-11H,6-9,12-13,21H2,1-2H3,(H,22,29). The van der Waals surface area contributed by atoms with Crippen LogP contribution < -0.4 is 11.2 Å². The maximum Gasteiger partial charge on any atom is 0.271 e. The summed E-state index contributed by atoms with van der Waals surface area (Å²) in [4.78, 5) is 14.9. The second-order valence-corrected chi connectivity index (χ2v) is 9.58. The fraction of sp³-hybridized carbons (Fsp3) is 0.400. The minimum atomic E-state index is -0.118. The predicted octanol–water partition coefficient (Wildman–Crippen LogP) is 2.07. The predicted molar refractivity (Wildman–Crippen MR) is 125 cm³/mol. The Labute approximate surface area is 189 Å². The second-order valence-electron chi connectivity index (χ2n) is 7.42. The topological polar surface area (TPSA) is 107 Å². The number of amides is 1. The van der Waals surface area contributed by atoms with E-state index in [0.717, 1.165) is 36.7 Å². The Balaban J connectivity index is 1.33. The van der Waals surface area contributed by atoms with Crippen molar-refractivity contribution in [2.75, 3.05) is 41.5 Å². The summed E-state index contributed by atoms with van der Waals surface area (Å²) in [6.07, 6.45) is 0. The van der Waals surface area contributed by atoms with Crippen molar-refractivity contribution >= 4 is 35.1 Å². The second kappa shape index (κ2) is 9.75. The number of benzene rings is 1. The third-order valence-electron chi connectivity index (χ3n) is 4.90. The lowest BCUT2D eigenvalue weighted by atomic mass is 10.2. The molecule has 0 spiro atoms. The van der Waals surface area contributed by atoms with Crippen LogP contribution in [0.4, 0.5) is 5.69 Å². The highest BCUT2D eigenvalue weighted by molar-refractivity contribution is 7.99. The molecule has 3 aromatic rings. The molecule has 11 heteroatoms. The molecule has 1 aliphatic heterocycles.